The fourth-order valence-corrected chi connectivity index (χ4v) is 1.97. The van der Waals surface area contributed by atoms with E-state index in [0.29, 0.717) is 32.4 Å². The molecule has 5 nitrogen and oxygen atoms in total. The lowest BCUT2D eigenvalue weighted by molar-refractivity contribution is -0.137. The monoisotopic (exact) mass is 278 g/mol. The maximum absolute atomic E-state index is 12.1. The number of carbonyl (C=O) groups is 2. The number of hydrogen-bond donors (Lipinski definition) is 1. The van der Waals surface area contributed by atoms with Crippen LogP contribution in [0.25, 0.3) is 0 Å². The molecule has 0 aliphatic carbocycles. The van der Waals surface area contributed by atoms with E-state index < -0.39 is 5.97 Å². The Kier molecular flexibility index (Phi) is 6.70. The van der Waals surface area contributed by atoms with Gasteiger partial charge in [0.05, 0.1) is 12.2 Å². The third-order valence-corrected chi connectivity index (χ3v) is 3.06. The van der Waals surface area contributed by atoms with Crippen LogP contribution in [0.5, 0.6) is 0 Å². The highest BCUT2D eigenvalue weighted by atomic mass is 16.4. The summed E-state index contributed by atoms with van der Waals surface area (Å²) in [5.41, 5.74) is 1.82. The summed E-state index contributed by atoms with van der Waals surface area (Å²) in [6.45, 7) is 5.00. The molecule has 0 saturated carbocycles. The Morgan fingerprint density at radius 3 is 2.55 bits per heavy atom. The van der Waals surface area contributed by atoms with Crippen LogP contribution in [0, 0.1) is 6.92 Å². The number of carbonyl (C=O) groups excluding carboxylic acids is 1. The molecule has 5 heteroatoms. The van der Waals surface area contributed by atoms with Crippen molar-refractivity contribution in [2.24, 2.45) is 0 Å². The summed E-state index contributed by atoms with van der Waals surface area (Å²) >= 11 is 0. The van der Waals surface area contributed by atoms with Crippen molar-refractivity contribution in [1.29, 1.82) is 0 Å². The first kappa shape index (κ1) is 16.1. The molecule has 0 bridgehead atoms. The average molecular weight is 278 g/mol. The highest BCUT2D eigenvalue weighted by Crippen LogP contribution is 2.08. The predicted molar refractivity (Wildman–Crippen MR) is 76.2 cm³/mol. The molecule has 1 amide bonds. The second-order valence-electron chi connectivity index (χ2n) is 4.78. The van der Waals surface area contributed by atoms with Gasteiger partial charge in [-0.25, -0.2) is 0 Å². The molecule has 0 atom stereocenters. The van der Waals surface area contributed by atoms with Gasteiger partial charge in [0.2, 0.25) is 5.91 Å². The third-order valence-electron chi connectivity index (χ3n) is 3.06. The van der Waals surface area contributed by atoms with E-state index in [1.807, 2.05) is 32.0 Å². The van der Waals surface area contributed by atoms with Crippen molar-refractivity contribution in [2.75, 3.05) is 6.54 Å². The van der Waals surface area contributed by atoms with Crippen molar-refractivity contribution in [3.8, 4) is 0 Å². The zero-order valence-electron chi connectivity index (χ0n) is 12.1. The number of aromatic nitrogens is 1. The van der Waals surface area contributed by atoms with Gasteiger partial charge < -0.3 is 10.0 Å². The molecule has 1 rings (SSSR count). The topological polar surface area (TPSA) is 70.5 Å². The lowest BCUT2D eigenvalue weighted by atomic mass is 10.1. The summed E-state index contributed by atoms with van der Waals surface area (Å²) < 4.78 is 0. The quantitative estimate of drug-likeness (QED) is 0.741. The molecule has 20 heavy (non-hydrogen) atoms. The molecular weight excluding hydrogens is 256 g/mol. The molecule has 110 valence electrons. The normalized spacial score (nSPS) is 10.3. The minimum Gasteiger partial charge on any atom is -0.481 e. The standard InChI is InChI=1S/C15H22N2O3/c1-3-17(11-13-8-6-7-12(2)16-13)14(18)9-4-5-10-15(19)20/h6-8H,3-5,9-11H2,1-2H3,(H,19,20). The van der Waals surface area contributed by atoms with Crippen LogP contribution in [-0.2, 0) is 16.1 Å². The Morgan fingerprint density at radius 2 is 1.95 bits per heavy atom. The summed E-state index contributed by atoms with van der Waals surface area (Å²) in [7, 11) is 0. The number of amides is 1. The lowest BCUT2D eigenvalue weighted by Gasteiger charge is -2.20. The average Bonchev–Trinajstić information content (AvgIpc) is 2.40. The molecule has 0 saturated heterocycles. The van der Waals surface area contributed by atoms with E-state index >= 15 is 0 Å². The Hall–Kier alpha value is -1.91. The van der Waals surface area contributed by atoms with Crippen LogP contribution in [0.1, 0.15) is 44.0 Å². The van der Waals surface area contributed by atoms with Gasteiger partial charge in [0.25, 0.3) is 0 Å². The number of nitrogens with zero attached hydrogens (tertiary/aromatic N) is 2. The number of unbranched alkanes of at least 4 members (excludes halogenated alkanes) is 1. The maximum Gasteiger partial charge on any atom is 0.303 e. The van der Waals surface area contributed by atoms with Gasteiger partial charge in [0, 0.05) is 25.1 Å². The van der Waals surface area contributed by atoms with E-state index in [9.17, 15) is 9.59 Å². The van der Waals surface area contributed by atoms with Crippen LogP contribution < -0.4 is 0 Å². The number of aliphatic carboxylic acids is 1. The number of rotatable bonds is 8. The molecule has 0 spiro atoms. The predicted octanol–water partition coefficient (Wildman–Crippen LogP) is 2.38. The van der Waals surface area contributed by atoms with Gasteiger partial charge in [-0.05, 0) is 38.8 Å². The van der Waals surface area contributed by atoms with E-state index in [1.165, 1.54) is 0 Å². The van der Waals surface area contributed by atoms with Gasteiger partial charge in [-0.3, -0.25) is 14.6 Å². The van der Waals surface area contributed by atoms with Crippen molar-refractivity contribution >= 4 is 11.9 Å². The van der Waals surface area contributed by atoms with Gasteiger partial charge in [0.1, 0.15) is 0 Å². The SMILES string of the molecule is CCN(Cc1cccc(C)n1)C(=O)CCCCC(=O)O. The van der Waals surface area contributed by atoms with Gasteiger partial charge >= 0.3 is 5.97 Å². The lowest BCUT2D eigenvalue weighted by Crippen LogP contribution is -2.30. The van der Waals surface area contributed by atoms with E-state index in [1.54, 1.807) is 4.90 Å². The Morgan fingerprint density at radius 1 is 1.25 bits per heavy atom. The maximum atomic E-state index is 12.1. The number of hydrogen-bond acceptors (Lipinski definition) is 3. The second kappa shape index (κ2) is 8.30. The van der Waals surface area contributed by atoms with E-state index in [0.717, 1.165) is 11.4 Å². The summed E-state index contributed by atoms with van der Waals surface area (Å²) in [6, 6.07) is 5.77. The third kappa shape index (κ3) is 5.82. The first-order valence-electron chi connectivity index (χ1n) is 6.95. The minimum absolute atomic E-state index is 0.0567. The highest BCUT2D eigenvalue weighted by Gasteiger charge is 2.12. The second-order valence-corrected chi connectivity index (χ2v) is 4.78. The number of pyridine rings is 1. The Labute approximate surface area is 119 Å². The molecule has 1 aromatic rings. The summed E-state index contributed by atoms with van der Waals surface area (Å²) in [6.07, 6.45) is 1.68. The zero-order chi connectivity index (χ0) is 15.0. The molecule has 0 aromatic carbocycles. The number of carboxylic acid groups (broad SMARTS) is 1. The van der Waals surface area contributed by atoms with Crippen LogP contribution in [-0.4, -0.2) is 33.4 Å². The summed E-state index contributed by atoms with van der Waals surface area (Å²) in [5, 5.41) is 8.55. The molecule has 0 aliphatic heterocycles. The Balaban J connectivity index is 2.44. The van der Waals surface area contributed by atoms with Crippen LogP contribution in [0.15, 0.2) is 18.2 Å². The van der Waals surface area contributed by atoms with Crippen molar-refractivity contribution < 1.29 is 14.7 Å². The molecule has 0 radical (unpaired) electrons. The van der Waals surface area contributed by atoms with E-state index in [-0.39, 0.29) is 12.3 Å². The minimum atomic E-state index is -0.811. The van der Waals surface area contributed by atoms with Gasteiger partial charge in [-0.2, -0.15) is 0 Å². The van der Waals surface area contributed by atoms with Crippen LogP contribution in [0.4, 0.5) is 0 Å². The van der Waals surface area contributed by atoms with Crippen LogP contribution in [0.3, 0.4) is 0 Å². The molecule has 0 aliphatic rings. The molecule has 0 fully saturated rings. The van der Waals surface area contributed by atoms with Crippen molar-refractivity contribution in [3.63, 3.8) is 0 Å². The van der Waals surface area contributed by atoms with Gasteiger partial charge in [0.15, 0.2) is 0 Å². The molecule has 1 N–H and O–H groups in total. The molecule has 1 aromatic heterocycles. The molecule has 0 unspecified atom stereocenters. The zero-order valence-corrected chi connectivity index (χ0v) is 12.1. The first-order chi connectivity index (χ1) is 9.52. The van der Waals surface area contributed by atoms with E-state index in [4.69, 9.17) is 5.11 Å². The molecule has 1 heterocycles. The highest BCUT2D eigenvalue weighted by molar-refractivity contribution is 5.76. The Bertz CT molecular complexity index is 460. The largest absolute Gasteiger partial charge is 0.481 e. The smallest absolute Gasteiger partial charge is 0.303 e. The van der Waals surface area contributed by atoms with E-state index in [2.05, 4.69) is 4.98 Å². The van der Waals surface area contributed by atoms with Crippen molar-refractivity contribution in [3.05, 3.63) is 29.6 Å². The number of aryl methyl sites for hydroxylation is 1. The van der Waals surface area contributed by atoms with Crippen molar-refractivity contribution in [2.45, 2.75) is 46.1 Å². The van der Waals surface area contributed by atoms with Crippen LogP contribution in [0.2, 0.25) is 0 Å². The molecular formula is C15H22N2O3. The van der Waals surface area contributed by atoms with Gasteiger partial charge in [-0.1, -0.05) is 6.07 Å². The van der Waals surface area contributed by atoms with Gasteiger partial charge in [-0.15, -0.1) is 0 Å². The summed E-state index contributed by atoms with van der Waals surface area (Å²) in [4.78, 5) is 28.6. The van der Waals surface area contributed by atoms with Crippen LogP contribution >= 0.6 is 0 Å². The fourth-order valence-electron chi connectivity index (χ4n) is 1.97. The first-order valence-corrected chi connectivity index (χ1v) is 6.95. The number of carboxylic acids is 1. The van der Waals surface area contributed by atoms with Crippen molar-refractivity contribution in [1.82, 2.24) is 9.88 Å². The summed E-state index contributed by atoms with van der Waals surface area (Å²) in [5.74, 6) is -0.755. The fraction of sp³-hybridized carbons (Fsp3) is 0.533.